The van der Waals surface area contributed by atoms with E-state index in [1.807, 2.05) is 6.92 Å². The van der Waals surface area contributed by atoms with Gasteiger partial charge in [-0.1, -0.05) is 19.3 Å². The van der Waals surface area contributed by atoms with Gasteiger partial charge in [-0.2, -0.15) is 0 Å². The van der Waals surface area contributed by atoms with Crippen molar-refractivity contribution in [3.8, 4) is 0 Å². The molecule has 0 saturated heterocycles. The summed E-state index contributed by atoms with van der Waals surface area (Å²) < 4.78 is 0. The standard InChI is InChI=1S/C15H29N5O2.HI/c1-4-16-15(18-11-14(22)20(2)3)17-10-13(21)19-12-8-6-5-7-9-12;/h12H,4-11H2,1-3H3,(H,19,21)(H2,16,17,18);1H. The van der Waals surface area contributed by atoms with Crippen molar-refractivity contribution in [3.63, 3.8) is 0 Å². The number of likely N-dealkylation sites (N-methyl/N-ethyl adjacent to an activating group) is 1. The molecule has 0 heterocycles. The Kier molecular flexibility index (Phi) is 11.8. The van der Waals surface area contributed by atoms with Crippen molar-refractivity contribution >= 4 is 41.8 Å². The molecule has 0 aliphatic heterocycles. The van der Waals surface area contributed by atoms with Gasteiger partial charge in [-0.15, -0.1) is 24.0 Å². The van der Waals surface area contributed by atoms with Gasteiger partial charge in [0.05, 0.1) is 6.54 Å². The second-order valence-corrected chi connectivity index (χ2v) is 5.74. The van der Waals surface area contributed by atoms with E-state index < -0.39 is 0 Å². The Bertz CT molecular complexity index is 395. The number of nitrogens with zero attached hydrogens (tertiary/aromatic N) is 2. The van der Waals surface area contributed by atoms with E-state index in [0.717, 1.165) is 12.8 Å². The SMILES string of the molecule is CCNC(=NCC(=O)NC1CCCCC1)NCC(=O)N(C)C.I. The number of halogens is 1. The molecule has 1 saturated carbocycles. The summed E-state index contributed by atoms with van der Waals surface area (Å²) in [5.41, 5.74) is 0. The molecule has 0 bridgehead atoms. The van der Waals surface area contributed by atoms with E-state index in [2.05, 4.69) is 20.9 Å². The normalized spacial score (nSPS) is 15.3. The minimum Gasteiger partial charge on any atom is -0.357 e. The van der Waals surface area contributed by atoms with Crippen LogP contribution in [-0.2, 0) is 9.59 Å². The monoisotopic (exact) mass is 439 g/mol. The number of rotatable bonds is 6. The fraction of sp³-hybridized carbons (Fsp3) is 0.800. The lowest BCUT2D eigenvalue weighted by Crippen LogP contribution is -2.44. The molecule has 2 amide bonds. The number of carbonyl (C=O) groups is 2. The van der Waals surface area contributed by atoms with Crippen LogP contribution < -0.4 is 16.0 Å². The highest BCUT2D eigenvalue weighted by Crippen LogP contribution is 2.17. The number of hydrogen-bond acceptors (Lipinski definition) is 3. The van der Waals surface area contributed by atoms with Crippen molar-refractivity contribution in [2.75, 3.05) is 33.7 Å². The Hall–Kier alpha value is -1.06. The Morgan fingerprint density at radius 3 is 2.35 bits per heavy atom. The third-order valence-corrected chi connectivity index (χ3v) is 3.60. The molecule has 1 rings (SSSR count). The largest absolute Gasteiger partial charge is 0.357 e. The average Bonchev–Trinajstić information content (AvgIpc) is 2.50. The Labute approximate surface area is 156 Å². The average molecular weight is 439 g/mol. The van der Waals surface area contributed by atoms with E-state index in [1.54, 1.807) is 14.1 Å². The van der Waals surface area contributed by atoms with Gasteiger partial charge < -0.3 is 20.9 Å². The summed E-state index contributed by atoms with van der Waals surface area (Å²) in [6.45, 7) is 2.84. The molecule has 0 spiro atoms. The smallest absolute Gasteiger partial charge is 0.242 e. The quantitative estimate of drug-likeness (QED) is 0.323. The van der Waals surface area contributed by atoms with Gasteiger partial charge in [-0.05, 0) is 19.8 Å². The minimum atomic E-state index is -0.0666. The molecular formula is C15H30IN5O2. The summed E-state index contributed by atoms with van der Waals surface area (Å²) >= 11 is 0. The third-order valence-electron chi connectivity index (χ3n) is 3.60. The molecule has 3 N–H and O–H groups in total. The molecular weight excluding hydrogens is 409 g/mol. The summed E-state index contributed by atoms with van der Waals surface area (Å²) in [6, 6.07) is 0.294. The predicted octanol–water partition coefficient (Wildman–Crippen LogP) is 0.697. The molecule has 0 aromatic carbocycles. The lowest BCUT2D eigenvalue weighted by Gasteiger charge is -2.22. The second-order valence-electron chi connectivity index (χ2n) is 5.74. The van der Waals surface area contributed by atoms with E-state index in [1.165, 1.54) is 24.2 Å². The van der Waals surface area contributed by atoms with Crippen LogP contribution in [0, 0.1) is 0 Å². The van der Waals surface area contributed by atoms with Crippen LogP contribution in [0.1, 0.15) is 39.0 Å². The molecule has 7 nitrogen and oxygen atoms in total. The van der Waals surface area contributed by atoms with Gasteiger partial charge in [-0.3, -0.25) is 9.59 Å². The van der Waals surface area contributed by atoms with Crippen molar-refractivity contribution in [3.05, 3.63) is 0 Å². The van der Waals surface area contributed by atoms with E-state index >= 15 is 0 Å². The van der Waals surface area contributed by atoms with Crippen molar-refractivity contribution in [1.82, 2.24) is 20.9 Å². The molecule has 8 heteroatoms. The Morgan fingerprint density at radius 1 is 1.13 bits per heavy atom. The van der Waals surface area contributed by atoms with Crippen molar-refractivity contribution in [2.45, 2.75) is 45.1 Å². The van der Waals surface area contributed by atoms with Crippen LogP contribution in [0.5, 0.6) is 0 Å². The zero-order valence-corrected chi connectivity index (χ0v) is 16.7. The van der Waals surface area contributed by atoms with Gasteiger partial charge in [0.2, 0.25) is 11.8 Å². The van der Waals surface area contributed by atoms with Crippen LogP contribution in [0.2, 0.25) is 0 Å². The van der Waals surface area contributed by atoms with Crippen molar-refractivity contribution in [2.24, 2.45) is 4.99 Å². The molecule has 0 aromatic heterocycles. The number of guanidine groups is 1. The number of carbonyl (C=O) groups excluding carboxylic acids is 2. The van der Waals surface area contributed by atoms with E-state index in [0.29, 0.717) is 18.5 Å². The van der Waals surface area contributed by atoms with Gasteiger partial charge >= 0.3 is 0 Å². The highest BCUT2D eigenvalue weighted by molar-refractivity contribution is 14.0. The van der Waals surface area contributed by atoms with Gasteiger partial charge in [0, 0.05) is 26.7 Å². The van der Waals surface area contributed by atoms with Gasteiger partial charge in [0.25, 0.3) is 0 Å². The number of amides is 2. The second kappa shape index (κ2) is 12.4. The number of aliphatic imine (C=N–C) groups is 1. The highest BCUT2D eigenvalue weighted by Gasteiger charge is 2.15. The van der Waals surface area contributed by atoms with Crippen LogP contribution in [0.15, 0.2) is 4.99 Å². The Balaban J connectivity index is 0.00000484. The first-order valence-corrected chi connectivity index (χ1v) is 8.04. The molecule has 0 atom stereocenters. The first kappa shape index (κ1) is 21.9. The molecule has 1 aliphatic rings. The summed E-state index contributed by atoms with van der Waals surface area (Å²) in [4.78, 5) is 29.2. The lowest BCUT2D eigenvalue weighted by molar-refractivity contribution is -0.127. The summed E-state index contributed by atoms with van der Waals surface area (Å²) in [5.74, 6) is 0.372. The molecule has 134 valence electrons. The van der Waals surface area contributed by atoms with Gasteiger partial charge in [-0.25, -0.2) is 4.99 Å². The maximum absolute atomic E-state index is 11.9. The number of nitrogens with one attached hydrogen (secondary N) is 3. The third kappa shape index (κ3) is 9.62. The molecule has 0 radical (unpaired) electrons. The van der Waals surface area contributed by atoms with Crippen LogP contribution >= 0.6 is 24.0 Å². The summed E-state index contributed by atoms with van der Waals surface area (Å²) in [6.07, 6.45) is 5.76. The maximum atomic E-state index is 11.9. The van der Waals surface area contributed by atoms with Gasteiger partial charge in [0.1, 0.15) is 6.54 Å². The molecule has 0 aromatic rings. The summed E-state index contributed by atoms with van der Waals surface area (Å²) in [5, 5.41) is 8.98. The predicted molar refractivity (Wildman–Crippen MR) is 103 cm³/mol. The van der Waals surface area contributed by atoms with E-state index in [4.69, 9.17) is 0 Å². The Morgan fingerprint density at radius 2 is 1.78 bits per heavy atom. The fourth-order valence-electron chi connectivity index (χ4n) is 2.33. The zero-order chi connectivity index (χ0) is 16.4. The molecule has 0 unspecified atom stereocenters. The molecule has 1 aliphatic carbocycles. The number of hydrogen-bond donors (Lipinski definition) is 3. The van der Waals surface area contributed by atoms with Crippen molar-refractivity contribution in [1.29, 1.82) is 0 Å². The van der Waals surface area contributed by atoms with E-state index in [-0.39, 0.29) is 48.9 Å². The minimum absolute atomic E-state index is 0. The van der Waals surface area contributed by atoms with Gasteiger partial charge in [0.15, 0.2) is 5.96 Å². The van der Waals surface area contributed by atoms with Crippen LogP contribution in [0.25, 0.3) is 0 Å². The van der Waals surface area contributed by atoms with Crippen LogP contribution in [0.3, 0.4) is 0 Å². The van der Waals surface area contributed by atoms with Crippen LogP contribution in [0.4, 0.5) is 0 Å². The first-order chi connectivity index (χ1) is 10.5. The zero-order valence-electron chi connectivity index (χ0n) is 14.4. The lowest BCUT2D eigenvalue weighted by atomic mass is 9.95. The summed E-state index contributed by atoms with van der Waals surface area (Å²) in [7, 11) is 3.40. The first-order valence-electron chi connectivity index (χ1n) is 8.04. The highest BCUT2D eigenvalue weighted by atomic mass is 127. The maximum Gasteiger partial charge on any atom is 0.242 e. The fourth-order valence-corrected chi connectivity index (χ4v) is 2.33. The molecule has 1 fully saturated rings. The molecule has 23 heavy (non-hydrogen) atoms. The van der Waals surface area contributed by atoms with Crippen LogP contribution in [-0.4, -0.2) is 62.4 Å². The van der Waals surface area contributed by atoms with Crippen molar-refractivity contribution < 1.29 is 9.59 Å². The van der Waals surface area contributed by atoms with E-state index in [9.17, 15) is 9.59 Å². The topological polar surface area (TPSA) is 85.8 Å².